The van der Waals surface area contributed by atoms with Gasteiger partial charge in [0.1, 0.15) is 0 Å². The zero-order valence-electron chi connectivity index (χ0n) is 11.8. The third-order valence-corrected chi connectivity index (χ3v) is 5.70. The molecule has 1 heteroatoms. The summed E-state index contributed by atoms with van der Waals surface area (Å²) in [5.74, 6) is 3.10. The van der Waals surface area contributed by atoms with E-state index in [1.165, 1.54) is 44.9 Å². The van der Waals surface area contributed by atoms with Gasteiger partial charge in [0.05, 0.1) is 0 Å². The van der Waals surface area contributed by atoms with Gasteiger partial charge in [-0.05, 0) is 73.5 Å². The second-order valence-electron chi connectivity index (χ2n) is 8.65. The van der Waals surface area contributed by atoms with E-state index in [4.69, 9.17) is 5.73 Å². The van der Waals surface area contributed by atoms with Crippen LogP contribution in [-0.4, -0.2) is 6.04 Å². The van der Waals surface area contributed by atoms with Crippen LogP contribution >= 0.6 is 0 Å². The molecule has 0 aromatic rings. The molecule has 1 atom stereocenters. The SMILES string of the molecule is CC(C)(C)CC(N)C12CC3CC(CC(C3)C1)C2. The van der Waals surface area contributed by atoms with Gasteiger partial charge in [-0.1, -0.05) is 20.8 Å². The lowest BCUT2D eigenvalue weighted by atomic mass is 9.47. The summed E-state index contributed by atoms with van der Waals surface area (Å²) < 4.78 is 0. The largest absolute Gasteiger partial charge is 0.327 e. The Kier molecular flexibility index (Phi) is 2.63. The van der Waals surface area contributed by atoms with Gasteiger partial charge >= 0.3 is 0 Å². The van der Waals surface area contributed by atoms with Crippen molar-refractivity contribution in [2.24, 2.45) is 34.3 Å². The van der Waals surface area contributed by atoms with Crippen LogP contribution in [0.2, 0.25) is 0 Å². The zero-order chi connectivity index (χ0) is 12.3. The molecule has 4 aliphatic carbocycles. The molecule has 0 aliphatic heterocycles. The smallest absolute Gasteiger partial charge is 0.0101 e. The molecule has 1 unspecified atom stereocenters. The summed E-state index contributed by atoms with van der Waals surface area (Å²) in [7, 11) is 0. The Balaban J connectivity index is 1.77. The molecule has 17 heavy (non-hydrogen) atoms. The van der Waals surface area contributed by atoms with Crippen LogP contribution < -0.4 is 5.73 Å². The predicted octanol–water partition coefficient (Wildman–Crippen LogP) is 3.97. The lowest BCUT2D eigenvalue weighted by Gasteiger charge is -2.59. The first kappa shape index (κ1) is 12.0. The van der Waals surface area contributed by atoms with Crippen LogP contribution in [0.4, 0.5) is 0 Å². The fourth-order valence-corrected chi connectivity index (χ4v) is 5.51. The molecule has 0 amide bonds. The molecule has 0 heterocycles. The second kappa shape index (κ2) is 3.73. The van der Waals surface area contributed by atoms with E-state index in [9.17, 15) is 0 Å². The quantitative estimate of drug-likeness (QED) is 0.770. The Morgan fingerprint density at radius 1 is 1.00 bits per heavy atom. The molecule has 0 aromatic heterocycles. The summed E-state index contributed by atoms with van der Waals surface area (Å²) >= 11 is 0. The maximum atomic E-state index is 6.66. The van der Waals surface area contributed by atoms with E-state index in [2.05, 4.69) is 20.8 Å². The zero-order valence-corrected chi connectivity index (χ0v) is 11.8. The van der Waals surface area contributed by atoms with Crippen molar-refractivity contribution in [3.8, 4) is 0 Å². The van der Waals surface area contributed by atoms with Gasteiger partial charge in [-0.3, -0.25) is 0 Å². The average Bonchev–Trinajstić information content (AvgIpc) is 2.12. The molecule has 1 nitrogen and oxygen atoms in total. The van der Waals surface area contributed by atoms with Gasteiger partial charge in [-0.25, -0.2) is 0 Å². The normalized spacial score (nSPS) is 46.2. The molecule has 0 radical (unpaired) electrons. The van der Waals surface area contributed by atoms with Gasteiger partial charge in [-0.2, -0.15) is 0 Å². The minimum atomic E-state index is 0.392. The minimum Gasteiger partial charge on any atom is -0.327 e. The van der Waals surface area contributed by atoms with Crippen molar-refractivity contribution in [2.75, 3.05) is 0 Å². The van der Waals surface area contributed by atoms with E-state index in [-0.39, 0.29) is 0 Å². The standard InChI is InChI=1S/C16H29N/c1-15(2,3)10-14(17)16-7-11-4-12(8-16)6-13(5-11)9-16/h11-14H,4-10,17H2,1-3H3. The van der Waals surface area contributed by atoms with Gasteiger partial charge in [-0.15, -0.1) is 0 Å². The summed E-state index contributed by atoms with van der Waals surface area (Å²) in [5, 5.41) is 0. The van der Waals surface area contributed by atoms with Gasteiger partial charge in [0.25, 0.3) is 0 Å². The summed E-state index contributed by atoms with van der Waals surface area (Å²) in [6.45, 7) is 7.02. The van der Waals surface area contributed by atoms with Crippen LogP contribution in [-0.2, 0) is 0 Å². The maximum Gasteiger partial charge on any atom is 0.0101 e. The van der Waals surface area contributed by atoms with E-state index in [1.54, 1.807) is 0 Å². The summed E-state index contributed by atoms with van der Waals surface area (Å²) in [6, 6.07) is 0.455. The Hall–Kier alpha value is -0.0400. The minimum absolute atomic E-state index is 0.392. The first-order valence-electron chi connectivity index (χ1n) is 7.62. The van der Waals surface area contributed by atoms with Crippen molar-refractivity contribution in [1.82, 2.24) is 0 Å². The lowest BCUT2D eigenvalue weighted by molar-refractivity contribution is -0.0725. The highest BCUT2D eigenvalue weighted by Gasteiger charge is 2.53. The predicted molar refractivity (Wildman–Crippen MR) is 72.7 cm³/mol. The highest BCUT2D eigenvalue weighted by molar-refractivity contribution is 5.05. The first-order valence-corrected chi connectivity index (χ1v) is 7.62. The topological polar surface area (TPSA) is 26.0 Å². The third kappa shape index (κ3) is 2.16. The first-order chi connectivity index (χ1) is 7.86. The number of hydrogen-bond donors (Lipinski definition) is 1. The molecule has 0 aromatic carbocycles. The Morgan fingerprint density at radius 2 is 1.41 bits per heavy atom. The molecule has 4 fully saturated rings. The summed E-state index contributed by atoms with van der Waals surface area (Å²) in [6.07, 6.45) is 10.2. The monoisotopic (exact) mass is 235 g/mol. The average molecular weight is 235 g/mol. The molecule has 4 saturated carbocycles. The van der Waals surface area contributed by atoms with Crippen molar-refractivity contribution in [3.05, 3.63) is 0 Å². The van der Waals surface area contributed by atoms with Crippen LogP contribution in [0.1, 0.15) is 65.7 Å². The van der Waals surface area contributed by atoms with Crippen molar-refractivity contribution in [3.63, 3.8) is 0 Å². The van der Waals surface area contributed by atoms with Crippen LogP contribution in [0.3, 0.4) is 0 Å². The fraction of sp³-hybridized carbons (Fsp3) is 1.00. The Labute approximate surface area is 107 Å². The summed E-state index contributed by atoms with van der Waals surface area (Å²) in [5.41, 5.74) is 7.59. The van der Waals surface area contributed by atoms with Crippen LogP contribution in [0.25, 0.3) is 0 Å². The highest BCUT2D eigenvalue weighted by Crippen LogP contribution is 2.61. The molecule has 98 valence electrons. The van der Waals surface area contributed by atoms with E-state index in [1.807, 2.05) is 0 Å². The molecule has 4 rings (SSSR count). The van der Waals surface area contributed by atoms with Crippen LogP contribution in [0.5, 0.6) is 0 Å². The van der Waals surface area contributed by atoms with Crippen molar-refractivity contribution in [1.29, 1.82) is 0 Å². The maximum absolute atomic E-state index is 6.66. The van der Waals surface area contributed by atoms with E-state index in [0.717, 1.165) is 17.8 Å². The van der Waals surface area contributed by atoms with Crippen molar-refractivity contribution >= 4 is 0 Å². The summed E-state index contributed by atoms with van der Waals surface area (Å²) in [4.78, 5) is 0. The van der Waals surface area contributed by atoms with Crippen molar-refractivity contribution < 1.29 is 0 Å². The van der Waals surface area contributed by atoms with Crippen LogP contribution in [0.15, 0.2) is 0 Å². The molecule has 4 bridgehead atoms. The lowest BCUT2D eigenvalue weighted by Crippen LogP contribution is -2.55. The van der Waals surface area contributed by atoms with Gasteiger partial charge < -0.3 is 5.73 Å². The van der Waals surface area contributed by atoms with E-state index < -0.39 is 0 Å². The van der Waals surface area contributed by atoms with E-state index in [0.29, 0.717) is 16.9 Å². The Bertz CT molecular complexity index is 264. The van der Waals surface area contributed by atoms with Crippen molar-refractivity contribution in [2.45, 2.75) is 71.8 Å². The molecule has 4 aliphatic rings. The van der Waals surface area contributed by atoms with Gasteiger partial charge in [0, 0.05) is 6.04 Å². The molecular weight excluding hydrogens is 206 g/mol. The molecule has 0 spiro atoms. The van der Waals surface area contributed by atoms with Gasteiger partial charge in [0.15, 0.2) is 0 Å². The van der Waals surface area contributed by atoms with Crippen LogP contribution in [0, 0.1) is 28.6 Å². The number of nitrogens with two attached hydrogens (primary N) is 1. The number of hydrogen-bond acceptors (Lipinski definition) is 1. The molecular formula is C16H29N. The third-order valence-electron chi connectivity index (χ3n) is 5.70. The highest BCUT2D eigenvalue weighted by atomic mass is 14.7. The fourth-order valence-electron chi connectivity index (χ4n) is 5.51. The number of rotatable bonds is 2. The Morgan fingerprint density at radius 3 is 1.76 bits per heavy atom. The van der Waals surface area contributed by atoms with Gasteiger partial charge in [0.2, 0.25) is 0 Å². The second-order valence-corrected chi connectivity index (χ2v) is 8.65. The molecule has 0 saturated heterocycles. The molecule has 2 N–H and O–H groups in total. The van der Waals surface area contributed by atoms with E-state index >= 15 is 0 Å².